The van der Waals surface area contributed by atoms with Gasteiger partial charge < -0.3 is 20.1 Å². The third-order valence-corrected chi connectivity index (χ3v) is 3.87. The first-order chi connectivity index (χ1) is 11.5. The highest BCUT2D eigenvalue weighted by Gasteiger charge is 2.15. The molecule has 1 atom stereocenters. The zero-order chi connectivity index (χ0) is 17.4. The SMILES string of the molecule is CN=C(NCc1cccc(COC(C)(C)C)c1)NCC1CCCO1.I. The number of benzene rings is 1. The molecule has 0 bridgehead atoms. The van der Waals surface area contributed by atoms with Gasteiger partial charge in [-0.25, -0.2) is 0 Å². The summed E-state index contributed by atoms with van der Waals surface area (Å²) in [5.41, 5.74) is 2.28. The van der Waals surface area contributed by atoms with Crippen molar-refractivity contribution in [1.82, 2.24) is 10.6 Å². The minimum absolute atomic E-state index is 0. The standard InChI is InChI=1S/C19H31N3O2.HI/c1-19(2,3)24-14-16-8-5-7-15(11-16)12-21-18(20-4)22-13-17-9-6-10-23-17;/h5,7-8,11,17H,6,9-10,12-14H2,1-4H3,(H2,20,21,22);1H. The van der Waals surface area contributed by atoms with Gasteiger partial charge in [-0.1, -0.05) is 24.3 Å². The number of nitrogens with one attached hydrogen (secondary N) is 2. The Hall–Kier alpha value is -0.860. The maximum Gasteiger partial charge on any atom is 0.191 e. The van der Waals surface area contributed by atoms with Gasteiger partial charge in [-0.05, 0) is 44.7 Å². The van der Waals surface area contributed by atoms with E-state index in [1.165, 1.54) is 11.1 Å². The molecule has 1 aliphatic heterocycles. The number of guanidine groups is 1. The van der Waals surface area contributed by atoms with Crippen LogP contribution in [-0.4, -0.2) is 37.9 Å². The van der Waals surface area contributed by atoms with Gasteiger partial charge in [0.25, 0.3) is 0 Å². The molecule has 1 saturated heterocycles. The highest BCUT2D eigenvalue weighted by atomic mass is 127. The smallest absolute Gasteiger partial charge is 0.191 e. The molecular formula is C19H32IN3O2. The van der Waals surface area contributed by atoms with E-state index in [4.69, 9.17) is 9.47 Å². The van der Waals surface area contributed by atoms with E-state index in [9.17, 15) is 0 Å². The quantitative estimate of drug-likeness (QED) is 0.387. The predicted octanol–water partition coefficient (Wildman–Crippen LogP) is 3.46. The third kappa shape index (κ3) is 8.87. The minimum Gasteiger partial charge on any atom is -0.376 e. The Morgan fingerprint density at radius 3 is 2.68 bits per heavy atom. The lowest BCUT2D eigenvalue weighted by atomic mass is 10.1. The number of rotatable bonds is 6. The number of nitrogens with zero attached hydrogens (tertiary/aromatic N) is 1. The Labute approximate surface area is 169 Å². The molecule has 1 aromatic rings. The summed E-state index contributed by atoms with van der Waals surface area (Å²) >= 11 is 0. The maximum atomic E-state index is 5.84. The molecule has 1 aromatic carbocycles. The van der Waals surface area contributed by atoms with Crippen molar-refractivity contribution in [3.05, 3.63) is 35.4 Å². The lowest BCUT2D eigenvalue weighted by molar-refractivity contribution is -0.0149. The van der Waals surface area contributed by atoms with Crippen LogP contribution < -0.4 is 10.6 Å². The predicted molar refractivity (Wildman–Crippen MR) is 114 cm³/mol. The molecule has 0 amide bonds. The molecule has 2 N–H and O–H groups in total. The van der Waals surface area contributed by atoms with Crippen LogP contribution in [0.25, 0.3) is 0 Å². The zero-order valence-corrected chi connectivity index (χ0v) is 18.1. The van der Waals surface area contributed by atoms with E-state index in [-0.39, 0.29) is 29.6 Å². The second-order valence-corrected chi connectivity index (χ2v) is 7.16. The molecule has 1 aliphatic rings. The molecule has 0 aliphatic carbocycles. The Morgan fingerprint density at radius 2 is 2.04 bits per heavy atom. The van der Waals surface area contributed by atoms with Crippen LogP contribution in [0.4, 0.5) is 0 Å². The van der Waals surface area contributed by atoms with Gasteiger partial charge in [-0.3, -0.25) is 4.99 Å². The van der Waals surface area contributed by atoms with E-state index in [1.807, 2.05) is 0 Å². The molecule has 0 radical (unpaired) electrons. The van der Waals surface area contributed by atoms with E-state index >= 15 is 0 Å². The van der Waals surface area contributed by atoms with Gasteiger partial charge in [0.2, 0.25) is 0 Å². The number of hydrogen-bond acceptors (Lipinski definition) is 3. The first-order valence-electron chi connectivity index (χ1n) is 8.74. The van der Waals surface area contributed by atoms with Crippen LogP contribution in [0.1, 0.15) is 44.7 Å². The Bertz CT molecular complexity index is 538. The van der Waals surface area contributed by atoms with Gasteiger partial charge in [-0.2, -0.15) is 0 Å². The molecule has 0 aromatic heterocycles. The molecule has 1 heterocycles. The summed E-state index contributed by atoms with van der Waals surface area (Å²) < 4.78 is 11.5. The largest absolute Gasteiger partial charge is 0.376 e. The van der Waals surface area contributed by atoms with Gasteiger partial charge in [0, 0.05) is 26.7 Å². The molecule has 6 heteroatoms. The molecule has 2 rings (SSSR count). The van der Waals surface area contributed by atoms with Crippen molar-refractivity contribution in [3.63, 3.8) is 0 Å². The van der Waals surface area contributed by atoms with E-state index < -0.39 is 0 Å². The summed E-state index contributed by atoms with van der Waals surface area (Å²) in [5.74, 6) is 0.807. The highest BCUT2D eigenvalue weighted by molar-refractivity contribution is 14.0. The van der Waals surface area contributed by atoms with E-state index in [0.29, 0.717) is 12.7 Å². The van der Waals surface area contributed by atoms with Crippen LogP contribution >= 0.6 is 24.0 Å². The molecule has 5 nitrogen and oxygen atoms in total. The summed E-state index contributed by atoms with van der Waals surface area (Å²) in [7, 11) is 1.79. The minimum atomic E-state index is -0.122. The van der Waals surface area contributed by atoms with Gasteiger partial charge in [0.05, 0.1) is 18.3 Å². The fraction of sp³-hybridized carbons (Fsp3) is 0.632. The van der Waals surface area contributed by atoms with Gasteiger partial charge >= 0.3 is 0 Å². The summed E-state index contributed by atoms with van der Waals surface area (Å²) in [6.07, 6.45) is 2.59. The first-order valence-corrected chi connectivity index (χ1v) is 8.74. The average Bonchev–Trinajstić information content (AvgIpc) is 3.06. The lowest BCUT2D eigenvalue weighted by Crippen LogP contribution is -2.40. The monoisotopic (exact) mass is 461 g/mol. The van der Waals surface area contributed by atoms with Crippen molar-refractivity contribution in [1.29, 1.82) is 0 Å². The number of halogens is 1. The van der Waals surface area contributed by atoms with Crippen LogP contribution in [0.3, 0.4) is 0 Å². The van der Waals surface area contributed by atoms with Crippen LogP contribution in [0.15, 0.2) is 29.3 Å². The molecule has 1 unspecified atom stereocenters. The Morgan fingerprint density at radius 1 is 1.28 bits per heavy atom. The van der Waals surface area contributed by atoms with E-state index in [2.05, 4.69) is 60.7 Å². The molecule has 0 spiro atoms. The topological polar surface area (TPSA) is 54.9 Å². The Balaban J connectivity index is 0.00000312. The molecular weight excluding hydrogens is 429 g/mol. The summed E-state index contributed by atoms with van der Waals surface area (Å²) in [5, 5.41) is 6.68. The van der Waals surface area contributed by atoms with Gasteiger partial charge in [0.15, 0.2) is 5.96 Å². The van der Waals surface area contributed by atoms with Crippen LogP contribution in [-0.2, 0) is 22.6 Å². The average molecular weight is 461 g/mol. The fourth-order valence-electron chi connectivity index (χ4n) is 2.55. The summed E-state index contributed by atoms with van der Waals surface area (Å²) in [6, 6.07) is 8.45. The molecule has 25 heavy (non-hydrogen) atoms. The highest BCUT2D eigenvalue weighted by Crippen LogP contribution is 2.13. The van der Waals surface area contributed by atoms with Crippen molar-refractivity contribution < 1.29 is 9.47 Å². The van der Waals surface area contributed by atoms with Crippen molar-refractivity contribution in [3.8, 4) is 0 Å². The van der Waals surface area contributed by atoms with Crippen molar-refractivity contribution in [2.24, 2.45) is 4.99 Å². The number of hydrogen-bond donors (Lipinski definition) is 2. The lowest BCUT2D eigenvalue weighted by Gasteiger charge is -2.20. The van der Waals surface area contributed by atoms with Crippen LogP contribution in [0, 0.1) is 0 Å². The van der Waals surface area contributed by atoms with Crippen LogP contribution in [0.2, 0.25) is 0 Å². The molecule has 0 saturated carbocycles. The van der Waals surface area contributed by atoms with Crippen LogP contribution in [0.5, 0.6) is 0 Å². The van der Waals surface area contributed by atoms with Crippen molar-refractivity contribution >= 4 is 29.9 Å². The first kappa shape index (κ1) is 22.2. The summed E-state index contributed by atoms with van der Waals surface area (Å²) in [4.78, 5) is 4.27. The second-order valence-electron chi connectivity index (χ2n) is 7.16. The fourth-order valence-corrected chi connectivity index (χ4v) is 2.55. The third-order valence-electron chi connectivity index (χ3n) is 3.87. The van der Waals surface area contributed by atoms with Gasteiger partial charge in [0.1, 0.15) is 0 Å². The normalized spacial score (nSPS) is 17.9. The summed E-state index contributed by atoms with van der Waals surface area (Å²) in [6.45, 7) is 9.26. The van der Waals surface area contributed by atoms with Crippen molar-refractivity contribution in [2.45, 2.75) is 58.5 Å². The second kappa shape index (κ2) is 11.0. The maximum absolute atomic E-state index is 5.84. The zero-order valence-electron chi connectivity index (χ0n) is 15.8. The number of ether oxygens (including phenoxy) is 2. The van der Waals surface area contributed by atoms with E-state index in [1.54, 1.807) is 7.05 Å². The molecule has 142 valence electrons. The van der Waals surface area contributed by atoms with E-state index in [0.717, 1.165) is 38.5 Å². The van der Waals surface area contributed by atoms with Gasteiger partial charge in [-0.15, -0.1) is 24.0 Å². The Kier molecular flexibility index (Phi) is 9.74. The molecule has 1 fully saturated rings. The van der Waals surface area contributed by atoms with Crippen molar-refractivity contribution in [2.75, 3.05) is 20.2 Å². The number of aliphatic imine (C=N–C) groups is 1.